The molecule has 0 aliphatic heterocycles. The number of carbonyl (C=O) groups excluding carboxylic acids is 1. The van der Waals surface area contributed by atoms with Crippen LogP contribution in [-0.4, -0.2) is 27.2 Å². The maximum atomic E-state index is 12.7. The lowest BCUT2D eigenvalue weighted by atomic mass is 10.1. The number of alkyl halides is 3. The van der Waals surface area contributed by atoms with Crippen molar-refractivity contribution < 1.29 is 18.0 Å². The van der Waals surface area contributed by atoms with Crippen LogP contribution < -0.4 is 5.32 Å². The number of aryl methyl sites for hydroxylation is 1. The number of benzene rings is 1. The minimum absolute atomic E-state index is 0.0283. The molecular weight excluding hydrogens is 357 g/mol. The third-order valence-electron chi connectivity index (χ3n) is 4.02. The van der Waals surface area contributed by atoms with Gasteiger partial charge in [0.15, 0.2) is 0 Å². The molecule has 0 atom stereocenters. The minimum Gasteiger partial charge on any atom is -0.350 e. The molecule has 1 N–H and O–H groups in total. The zero-order valence-electron chi connectivity index (χ0n) is 14.5. The molecule has 0 saturated heterocycles. The largest absolute Gasteiger partial charge is 0.416 e. The van der Waals surface area contributed by atoms with Crippen LogP contribution in [-0.2, 0) is 12.7 Å². The summed E-state index contributed by atoms with van der Waals surface area (Å²) >= 11 is 0. The number of carbonyl (C=O) groups is 1. The number of aromatic nitrogens is 3. The van der Waals surface area contributed by atoms with Gasteiger partial charge in [-0.05, 0) is 43.3 Å². The van der Waals surface area contributed by atoms with E-state index in [4.69, 9.17) is 0 Å². The number of halogens is 3. The monoisotopic (exact) mass is 374 g/mol. The second-order valence-electron chi connectivity index (χ2n) is 5.96. The molecule has 0 spiro atoms. The maximum absolute atomic E-state index is 12.7. The van der Waals surface area contributed by atoms with Crippen molar-refractivity contribution in [3.05, 3.63) is 71.7 Å². The van der Waals surface area contributed by atoms with Gasteiger partial charge in [0.2, 0.25) is 0 Å². The molecular formula is C19H17F3N4O. The van der Waals surface area contributed by atoms with Crippen molar-refractivity contribution in [1.82, 2.24) is 20.1 Å². The Morgan fingerprint density at radius 1 is 1.15 bits per heavy atom. The van der Waals surface area contributed by atoms with Crippen molar-refractivity contribution >= 4 is 5.91 Å². The zero-order chi connectivity index (χ0) is 19.4. The van der Waals surface area contributed by atoms with Gasteiger partial charge in [-0.3, -0.25) is 14.5 Å². The minimum atomic E-state index is -4.48. The molecule has 0 fully saturated rings. The number of rotatable bonds is 5. The number of hydrogen-bond donors (Lipinski definition) is 1. The Bertz CT molecular complexity index is 936. The van der Waals surface area contributed by atoms with Crippen LogP contribution >= 0.6 is 0 Å². The highest BCUT2D eigenvalue weighted by atomic mass is 19.4. The van der Waals surface area contributed by atoms with Gasteiger partial charge in [-0.25, -0.2) is 0 Å². The number of nitrogens with one attached hydrogen (secondary N) is 1. The molecule has 140 valence electrons. The fraction of sp³-hybridized carbons (Fsp3) is 0.211. The van der Waals surface area contributed by atoms with E-state index in [0.717, 1.165) is 29.1 Å². The van der Waals surface area contributed by atoms with E-state index in [1.165, 1.54) is 12.1 Å². The molecule has 2 heterocycles. The molecule has 0 aliphatic carbocycles. The van der Waals surface area contributed by atoms with Crippen molar-refractivity contribution in [1.29, 1.82) is 0 Å². The third-order valence-corrected chi connectivity index (χ3v) is 4.02. The van der Waals surface area contributed by atoms with E-state index < -0.39 is 17.6 Å². The summed E-state index contributed by atoms with van der Waals surface area (Å²) in [7, 11) is 0. The Balaban J connectivity index is 1.62. The van der Waals surface area contributed by atoms with Crippen LogP contribution in [0, 0.1) is 6.92 Å². The summed E-state index contributed by atoms with van der Waals surface area (Å²) in [6.45, 7) is 2.54. The molecule has 0 radical (unpaired) electrons. The molecule has 2 aromatic heterocycles. The number of pyridine rings is 1. The third kappa shape index (κ3) is 4.52. The average molecular weight is 374 g/mol. The smallest absolute Gasteiger partial charge is 0.350 e. The van der Waals surface area contributed by atoms with Crippen LogP contribution in [0.4, 0.5) is 13.2 Å². The summed E-state index contributed by atoms with van der Waals surface area (Å²) in [5, 5.41) is 7.11. The van der Waals surface area contributed by atoms with Crippen molar-refractivity contribution in [2.75, 3.05) is 6.54 Å². The van der Waals surface area contributed by atoms with Gasteiger partial charge >= 0.3 is 6.18 Å². The quantitative estimate of drug-likeness (QED) is 0.741. The first-order valence-corrected chi connectivity index (χ1v) is 8.25. The van der Waals surface area contributed by atoms with Crippen molar-refractivity contribution in [3.63, 3.8) is 0 Å². The lowest BCUT2D eigenvalue weighted by Crippen LogP contribution is -2.28. The topological polar surface area (TPSA) is 59.8 Å². The first-order valence-electron chi connectivity index (χ1n) is 8.25. The van der Waals surface area contributed by atoms with E-state index in [-0.39, 0.29) is 12.1 Å². The Labute approximate surface area is 153 Å². The Hall–Kier alpha value is -3.16. The van der Waals surface area contributed by atoms with Crippen LogP contribution in [0.25, 0.3) is 11.3 Å². The lowest BCUT2D eigenvalue weighted by Gasteiger charge is -2.10. The molecule has 5 nitrogen and oxygen atoms in total. The second-order valence-corrected chi connectivity index (χ2v) is 5.96. The standard InChI is InChI=1S/C19H17F3N4O/c1-13-11-17(14-5-7-23-8-6-14)25-26(13)10-9-24-18(27)15-3-2-4-16(12-15)19(20,21)22/h2-8,11-12H,9-10H2,1H3,(H,24,27). The Kier molecular flexibility index (Phi) is 5.25. The van der Waals surface area contributed by atoms with Gasteiger partial charge in [-0.2, -0.15) is 18.3 Å². The molecule has 3 aromatic rings. The molecule has 0 aliphatic rings. The fourth-order valence-corrected chi connectivity index (χ4v) is 2.61. The molecule has 1 amide bonds. The molecule has 27 heavy (non-hydrogen) atoms. The Morgan fingerprint density at radius 3 is 2.59 bits per heavy atom. The van der Waals surface area contributed by atoms with Crippen LogP contribution in [0.15, 0.2) is 54.9 Å². The molecule has 0 bridgehead atoms. The van der Waals surface area contributed by atoms with E-state index in [0.29, 0.717) is 6.54 Å². The van der Waals surface area contributed by atoms with E-state index in [1.807, 2.05) is 25.1 Å². The summed E-state index contributed by atoms with van der Waals surface area (Å²) in [6, 6.07) is 9.97. The van der Waals surface area contributed by atoms with Crippen molar-refractivity contribution in [2.24, 2.45) is 0 Å². The first kappa shape index (κ1) is 18.6. The van der Waals surface area contributed by atoms with E-state index in [1.54, 1.807) is 17.1 Å². The predicted octanol–water partition coefficient (Wildman–Crippen LogP) is 3.70. The Morgan fingerprint density at radius 2 is 1.89 bits per heavy atom. The number of nitrogens with zero attached hydrogens (tertiary/aromatic N) is 3. The van der Waals surface area contributed by atoms with Gasteiger partial charge in [0, 0.05) is 35.8 Å². The van der Waals surface area contributed by atoms with Gasteiger partial charge in [-0.15, -0.1) is 0 Å². The summed E-state index contributed by atoms with van der Waals surface area (Å²) in [4.78, 5) is 16.1. The van der Waals surface area contributed by atoms with E-state index in [9.17, 15) is 18.0 Å². The molecule has 0 saturated carbocycles. The van der Waals surface area contributed by atoms with Crippen LogP contribution in [0.5, 0.6) is 0 Å². The number of hydrogen-bond acceptors (Lipinski definition) is 3. The highest BCUT2D eigenvalue weighted by Gasteiger charge is 2.30. The van der Waals surface area contributed by atoms with Crippen LogP contribution in [0.2, 0.25) is 0 Å². The molecule has 0 unspecified atom stereocenters. The average Bonchev–Trinajstić information content (AvgIpc) is 3.02. The summed E-state index contributed by atoms with van der Waals surface area (Å²) in [6.07, 6.45) is -1.12. The second kappa shape index (κ2) is 7.61. The van der Waals surface area contributed by atoms with Gasteiger partial charge in [0.05, 0.1) is 17.8 Å². The van der Waals surface area contributed by atoms with Gasteiger partial charge in [-0.1, -0.05) is 6.07 Å². The van der Waals surface area contributed by atoms with Crippen LogP contribution in [0.3, 0.4) is 0 Å². The van der Waals surface area contributed by atoms with Crippen LogP contribution in [0.1, 0.15) is 21.6 Å². The predicted molar refractivity (Wildman–Crippen MR) is 94.0 cm³/mol. The van der Waals surface area contributed by atoms with Gasteiger partial charge < -0.3 is 5.32 Å². The summed E-state index contributed by atoms with van der Waals surface area (Å²) < 4.78 is 40.0. The van der Waals surface area contributed by atoms with Gasteiger partial charge in [0.1, 0.15) is 0 Å². The summed E-state index contributed by atoms with van der Waals surface area (Å²) in [5.41, 5.74) is 1.76. The molecule has 3 rings (SSSR count). The first-order chi connectivity index (χ1) is 12.8. The zero-order valence-corrected chi connectivity index (χ0v) is 14.5. The van der Waals surface area contributed by atoms with Crippen molar-refractivity contribution in [2.45, 2.75) is 19.6 Å². The maximum Gasteiger partial charge on any atom is 0.416 e. The lowest BCUT2D eigenvalue weighted by molar-refractivity contribution is -0.137. The molecule has 1 aromatic carbocycles. The molecule has 8 heteroatoms. The fourth-order valence-electron chi connectivity index (χ4n) is 2.61. The highest BCUT2D eigenvalue weighted by Crippen LogP contribution is 2.29. The van der Waals surface area contributed by atoms with Crippen molar-refractivity contribution in [3.8, 4) is 11.3 Å². The normalized spacial score (nSPS) is 11.4. The van der Waals surface area contributed by atoms with Gasteiger partial charge in [0.25, 0.3) is 5.91 Å². The SMILES string of the molecule is Cc1cc(-c2ccncc2)nn1CCNC(=O)c1cccc(C(F)(F)F)c1. The highest BCUT2D eigenvalue weighted by molar-refractivity contribution is 5.94. The number of amides is 1. The van der Waals surface area contributed by atoms with E-state index >= 15 is 0 Å². The summed E-state index contributed by atoms with van der Waals surface area (Å²) in [5.74, 6) is -0.555. The van der Waals surface area contributed by atoms with E-state index in [2.05, 4.69) is 15.4 Å².